The van der Waals surface area contributed by atoms with E-state index in [4.69, 9.17) is 5.73 Å². The molecular weight excluding hydrogens is 340 g/mol. The number of rotatable bonds is 5. The normalized spacial score (nSPS) is 20.1. The van der Waals surface area contributed by atoms with Gasteiger partial charge in [-0.15, -0.1) is 0 Å². The maximum absolute atomic E-state index is 12.9. The third-order valence-corrected chi connectivity index (χ3v) is 5.69. The Kier molecular flexibility index (Phi) is 6.17. The number of piperazine rings is 1. The molecule has 2 aliphatic rings. The lowest BCUT2D eigenvalue weighted by Crippen LogP contribution is -2.59. The van der Waals surface area contributed by atoms with E-state index >= 15 is 0 Å². The summed E-state index contributed by atoms with van der Waals surface area (Å²) in [5.41, 5.74) is 7.72. The fourth-order valence-corrected chi connectivity index (χ4v) is 4.17. The Morgan fingerprint density at radius 1 is 1.11 bits per heavy atom. The Hall–Kier alpha value is -1.92. The van der Waals surface area contributed by atoms with Gasteiger partial charge in [-0.1, -0.05) is 31.5 Å². The molecule has 0 aromatic heterocycles. The van der Waals surface area contributed by atoms with Crippen LogP contribution in [0.5, 0.6) is 0 Å². The second-order valence-electron chi connectivity index (χ2n) is 8.01. The molecular formula is C21H32N4O2. The summed E-state index contributed by atoms with van der Waals surface area (Å²) >= 11 is 0. The standard InChI is InChI=1S/C21H32N4O2/c1-3-10-21(2,22)20(27)24-14-12-23(13-15-24)16-19(26)25-11-6-8-17-7-4-5-9-18(17)25/h4-5,7,9H,3,6,8,10-16,22H2,1-2H3. The molecule has 3 rings (SSSR count). The summed E-state index contributed by atoms with van der Waals surface area (Å²) in [6.07, 6.45) is 3.64. The first kappa shape index (κ1) is 19.8. The lowest BCUT2D eigenvalue weighted by atomic mass is 9.95. The molecule has 2 heterocycles. The summed E-state index contributed by atoms with van der Waals surface area (Å²) in [6.45, 7) is 7.77. The summed E-state index contributed by atoms with van der Waals surface area (Å²) in [7, 11) is 0. The maximum atomic E-state index is 12.9. The number of nitrogens with zero attached hydrogens (tertiary/aromatic N) is 3. The highest BCUT2D eigenvalue weighted by molar-refractivity contribution is 5.96. The van der Waals surface area contributed by atoms with Crippen molar-refractivity contribution in [2.24, 2.45) is 5.73 Å². The zero-order valence-electron chi connectivity index (χ0n) is 16.6. The average molecular weight is 373 g/mol. The monoisotopic (exact) mass is 372 g/mol. The number of amides is 2. The minimum atomic E-state index is -0.787. The molecule has 2 amide bonds. The zero-order valence-corrected chi connectivity index (χ0v) is 16.6. The predicted octanol–water partition coefficient (Wildman–Crippen LogP) is 1.63. The van der Waals surface area contributed by atoms with E-state index in [2.05, 4.69) is 11.0 Å². The number of carbonyl (C=O) groups excluding carboxylic acids is 2. The van der Waals surface area contributed by atoms with E-state index in [9.17, 15) is 9.59 Å². The Morgan fingerprint density at radius 2 is 1.81 bits per heavy atom. The van der Waals surface area contributed by atoms with E-state index in [0.717, 1.165) is 44.6 Å². The van der Waals surface area contributed by atoms with E-state index in [1.807, 2.05) is 41.8 Å². The van der Waals surface area contributed by atoms with Crippen LogP contribution in [0.2, 0.25) is 0 Å². The molecule has 2 N–H and O–H groups in total. The molecule has 1 unspecified atom stereocenters. The van der Waals surface area contributed by atoms with Crippen molar-refractivity contribution < 1.29 is 9.59 Å². The first-order valence-electron chi connectivity index (χ1n) is 10.1. The van der Waals surface area contributed by atoms with E-state index in [1.54, 1.807) is 0 Å². The summed E-state index contributed by atoms with van der Waals surface area (Å²) in [5, 5.41) is 0. The van der Waals surface area contributed by atoms with E-state index < -0.39 is 5.54 Å². The van der Waals surface area contributed by atoms with Crippen LogP contribution in [0.1, 0.15) is 38.7 Å². The fourth-order valence-electron chi connectivity index (χ4n) is 4.17. The molecule has 1 fully saturated rings. The van der Waals surface area contributed by atoms with Crippen LogP contribution in [-0.2, 0) is 16.0 Å². The Balaban J connectivity index is 1.54. The zero-order chi connectivity index (χ0) is 19.4. The number of nitrogens with two attached hydrogens (primary N) is 1. The van der Waals surface area contributed by atoms with Crippen molar-refractivity contribution in [2.45, 2.75) is 45.1 Å². The van der Waals surface area contributed by atoms with Crippen LogP contribution < -0.4 is 10.6 Å². The van der Waals surface area contributed by atoms with Gasteiger partial charge in [0.25, 0.3) is 0 Å². The van der Waals surface area contributed by atoms with Crippen LogP contribution >= 0.6 is 0 Å². The first-order valence-corrected chi connectivity index (χ1v) is 10.1. The molecule has 27 heavy (non-hydrogen) atoms. The average Bonchev–Trinajstić information content (AvgIpc) is 2.67. The third-order valence-electron chi connectivity index (χ3n) is 5.69. The van der Waals surface area contributed by atoms with E-state index in [1.165, 1.54) is 5.56 Å². The smallest absolute Gasteiger partial charge is 0.242 e. The highest BCUT2D eigenvalue weighted by atomic mass is 16.2. The van der Waals surface area contributed by atoms with Crippen molar-refractivity contribution in [1.29, 1.82) is 0 Å². The lowest BCUT2D eigenvalue weighted by Gasteiger charge is -2.39. The molecule has 1 saturated heterocycles. The van der Waals surface area contributed by atoms with Gasteiger partial charge in [0.1, 0.15) is 0 Å². The largest absolute Gasteiger partial charge is 0.339 e. The van der Waals surface area contributed by atoms with Crippen LogP contribution in [0.15, 0.2) is 24.3 Å². The van der Waals surface area contributed by atoms with Crippen LogP contribution in [0.25, 0.3) is 0 Å². The van der Waals surface area contributed by atoms with Crippen LogP contribution in [0.3, 0.4) is 0 Å². The van der Waals surface area contributed by atoms with Gasteiger partial charge in [-0.2, -0.15) is 0 Å². The number of anilines is 1. The van der Waals surface area contributed by atoms with Gasteiger partial charge in [0.2, 0.25) is 11.8 Å². The predicted molar refractivity (Wildman–Crippen MR) is 108 cm³/mol. The van der Waals surface area contributed by atoms with Crippen LogP contribution in [-0.4, -0.2) is 66.4 Å². The molecule has 2 aliphatic heterocycles. The molecule has 1 aromatic rings. The van der Waals surface area contributed by atoms with Crippen molar-refractivity contribution in [1.82, 2.24) is 9.80 Å². The van der Waals surface area contributed by atoms with Gasteiger partial charge in [-0.25, -0.2) is 0 Å². The number of para-hydroxylation sites is 1. The molecule has 6 heteroatoms. The van der Waals surface area contributed by atoms with Crippen molar-refractivity contribution in [3.63, 3.8) is 0 Å². The van der Waals surface area contributed by atoms with Crippen molar-refractivity contribution in [2.75, 3.05) is 44.2 Å². The summed E-state index contributed by atoms with van der Waals surface area (Å²) < 4.78 is 0. The van der Waals surface area contributed by atoms with Gasteiger partial charge in [0.15, 0.2) is 0 Å². The minimum Gasteiger partial charge on any atom is -0.339 e. The van der Waals surface area contributed by atoms with Gasteiger partial charge in [-0.05, 0) is 37.8 Å². The SMILES string of the molecule is CCCC(C)(N)C(=O)N1CCN(CC(=O)N2CCCc3ccccc32)CC1. The molecule has 0 aliphatic carbocycles. The minimum absolute atomic E-state index is 0.0280. The Bertz CT molecular complexity index is 681. The number of carbonyl (C=O) groups is 2. The highest BCUT2D eigenvalue weighted by Crippen LogP contribution is 2.27. The van der Waals surface area contributed by atoms with Crippen molar-refractivity contribution in [3.05, 3.63) is 29.8 Å². The molecule has 0 spiro atoms. The summed E-state index contributed by atoms with van der Waals surface area (Å²) in [6, 6.07) is 8.18. The number of fused-ring (bicyclic) bond motifs is 1. The fraction of sp³-hybridized carbons (Fsp3) is 0.619. The molecule has 0 radical (unpaired) electrons. The molecule has 1 aromatic carbocycles. The Morgan fingerprint density at radius 3 is 2.52 bits per heavy atom. The summed E-state index contributed by atoms with van der Waals surface area (Å²) in [4.78, 5) is 31.4. The molecule has 148 valence electrons. The Labute approximate surface area is 162 Å². The quantitative estimate of drug-likeness (QED) is 0.853. The maximum Gasteiger partial charge on any atom is 0.242 e. The van der Waals surface area contributed by atoms with Gasteiger partial charge in [-0.3, -0.25) is 14.5 Å². The van der Waals surface area contributed by atoms with Gasteiger partial charge >= 0.3 is 0 Å². The van der Waals surface area contributed by atoms with E-state index in [-0.39, 0.29) is 11.8 Å². The second kappa shape index (κ2) is 8.40. The van der Waals surface area contributed by atoms with Crippen LogP contribution in [0.4, 0.5) is 5.69 Å². The van der Waals surface area contributed by atoms with E-state index in [0.29, 0.717) is 26.1 Å². The summed E-state index contributed by atoms with van der Waals surface area (Å²) in [5.74, 6) is 0.178. The van der Waals surface area contributed by atoms with Gasteiger partial charge in [0.05, 0.1) is 12.1 Å². The molecule has 1 atom stereocenters. The molecule has 6 nitrogen and oxygen atoms in total. The van der Waals surface area contributed by atoms with Gasteiger partial charge < -0.3 is 15.5 Å². The third kappa shape index (κ3) is 4.50. The topological polar surface area (TPSA) is 69.9 Å². The molecule has 0 bridgehead atoms. The lowest BCUT2D eigenvalue weighted by molar-refractivity contribution is -0.138. The number of benzene rings is 1. The van der Waals surface area contributed by atoms with Crippen molar-refractivity contribution in [3.8, 4) is 0 Å². The van der Waals surface area contributed by atoms with Crippen LogP contribution in [0, 0.1) is 0 Å². The molecule has 0 saturated carbocycles. The highest BCUT2D eigenvalue weighted by Gasteiger charge is 2.34. The van der Waals surface area contributed by atoms with Crippen molar-refractivity contribution >= 4 is 17.5 Å². The first-order chi connectivity index (χ1) is 12.9. The number of hydrogen-bond acceptors (Lipinski definition) is 4. The number of hydrogen-bond donors (Lipinski definition) is 1. The number of aryl methyl sites for hydroxylation is 1. The van der Waals surface area contributed by atoms with Gasteiger partial charge in [0, 0.05) is 38.4 Å². The second-order valence-corrected chi connectivity index (χ2v) is 8.01.